The van der Waals surface area contributed by atoms with E-state index in [1.54, 1.807) is 6.92 Å². The van der Waals surface area contributed by atoms with E-state index in [-0.39, 0.29) is 42.0 Å². The maximum absolute atomic E-state index is 12.9. The van der Waals surface area contributed by atoms with Crippen LogP contribution in [0.1, 0.15) is 74.7 Å². The van der Waals surface area contributed by atoms with Gasteiger partial charge in [0.15, 0.2) is 0 Å². The van der Waals surface area contributed by atoms with Gasteiger partial charge in [0.05, 0.1) is 0 Å². The van der Waals surface area contributed by atoms with Crippen molar-refractivity contribution >= 4 is 23.7 Å². The predicted octanol–water partition coefficient (Wildman–Crippen LogP) is 3.37. The molecule has 8 heteroatoms. The second kappa shape index (κ2) is 12.9. The Balaban J connectivity index is 3.28. The smallest absolute Gasteiger partial charge is 0.326 e. The molecule has 1 heterocycles. The number of nitrogens with one attached hydrogen (secondary N) is 2. The Morgan fingerprint density at radius 3 is 2.34 bits per heavy atom. The molecule has 1 rings (SSSR count). The minimum absolute atomic E-state index is 0.00336. The van der Waals surface area contributed by atoms with Crippen LogP contribution >= 0.6 is 0 Å². The Labute approximate surface area is 210 Å². The molecule has 1 aliphatic rings. The molecule has 0 aromatic rings. The van der Waals surface area contributed by atoms with Crippen molar-refractivity contribution in [2.75, 3.05) is 13.6 Å². The number of likely N-dealkylation sites (N-methyl/N-ethyl adjacent to an activating group) is 1. The van der Waals surface area contributed by atoms with E-state index in [1.807, 2.05) is 27.7 Å². The quantitative estimate of drug-likeness (QED) is 0.463. The minimum atomic E-state index is -0.817. The lowest BCUT2D eigenvalue weighted by Gasteiger charge is -2.32. The lowest BCUT2D eigenvalue weighted by molar-refractivity contribution is -0.149. The summed E-state index contributed by atoms with van der Waals surface area (Å²) in [5, 5.41) is 5.33. The summed E-state index contributed by atoms with van der Waals surface area (Å²) in [6, 6.07) is -1.62. The summed E-state index contributed by atoms with van der Waals surface area (Å²) in [4.78, 5) is 52.6. The first-order valence-corrected chi connectivity index (χ1v) is 12.4. The molecule has 0 radical (unpaired) electrons. The molecule has 0 spiro atoms. The highest BCUT2D eigenvalue weighted by Crippen LogP contribution is 2.27. The van der Waals surface area contributed by atoms with Crippen molar-refractivity contribution in [2.24, 2.45) is 17.3 Å². The molecule has 0 aromatic heterocycles. The number of esters is 1. The molecule has 0 saturated carbocycles. The van der Waals surface area contributed by atoms with E-state index in [1.165, 1.54) is 11.9 Å². The molecule has 0 aromatic carbocycles. The van der Waals surface area contributed by atoms with E-state index in [2.05, 4.69) is 44.1 Å². The summed E-state index contributed by atoms with van der Waals surface area (Å²) in [5.74, 6) is -2.33. The molecule has 0 aliphatic carbocycles. The van der Waals surface area contributed by atoms with Crippen LogP contribution in [0.15, 0.2) is 23.8 Å². The maximum Gasteiger partial charge on any atom is 0.326 e. The number of hydrogen-bond acceptors (Lipinski definition) is 5. The van der Waals surface area contributed by atoms with Gasteiger partial charge in [-0.1, -0.05) is 59.8 Å². The van der Waals surface area contributed by atoms with Crippen LogP contribution in [0.25, 0.3) is 0 Å². The molecule has 8 nitrogen and oxygen atoms in total. The zero-order valence-electron chi connectivity index (χ0n) is 23.0. The third kappa shape index (κ3) is 9.49. The van der Waals surface area contributed by atoms with Crippen molar-refractivity contribution in [3.05, 3.63) is 23.8 Å². The SMILES string of the molecule is C=C1CC(=O)N[C@@H](C)C(=O)N(C)[C@@H](C(C)C)C(=O)NCC(=O)O[C@@H](/C(C)=C/CCC(C)(C)C)[C@@H]1C. The van der Waals surface area contributed by atoms with E-state index < -0.39 is 30.1 Å². The monoisotopic (exact) mass is 491 g/mol. The van der Waals surface area contributed by atoms with Crippen LogP contribution in [0.4, 0.5) is 0 Å². The predicted molar refractivity (Wildman–Crippen MR) is 137 cm³/mol. The summed E-state index contributed by atoms with van der Waals surface area (Å²) in [6.45, 7) is 19.2. The van der Waals surface area contributed by atoms with Crippen molar-refractivity contribution in [3.8, 4) is 0 Å². The Bertz CT molecular complexity index is 840. The number of hydrogen-bond donors (Lipinski definition) is 2. The summed E-state index contributed by atoms with van der Waals surface area (Å²) in [6.07, 6.45) is 3.23. The number of amides is 3. The summed E-state index contributed by atoms with van der Waals surface area (Å²) in [7, 11) is 1.52. The highest BCUT2D eigenvalue weighted by atomic mass is 16.5. The third-order valence-corrected chi connectivity index (χ3v) is 6.37. The van der Waals surface area contributed by atoms with Crippen molar-refractivity contribution in [3.63, 3.8) is 0 Å². The molecular formula is C27H45N3O5. The van der Waals surface area contributed by atoms with Crippen LogP contribution < -0.4 is 10.6 Å². The van der Waals surface area contributed by atoms with Crippen molar-refractivity contribution in [2.45, 2.75) is 92.8 Å². The molecule has 0 unspecified atom stereocenters. The normalized spacial score (nSPS) is 26.6. The van der Waals surface area contributed by atoms with Crippen LogP contribution in [0.3, 0.4) is 0 Å². The van der Waals surface area contributed by atoms with Gasteiger partial charge in [0, 0.05) is 19.4 Å². The molecule has 198 valence electrons. The first-order valence-electron chi connectivity index (χ1n) is 12.4. The highest BCUT2D eigenvalue weighted by Gasteiger charge is 2.34. The van der Waals surface area contributed by atoms with E-state index in [4.69, 9.17) is 4.74 Å². The van der Waals surface area contributed by atoms with Gasteiger partial charge in [-0.05, 0) is 43.6 Å². The first-order chi connectivity index (χ1) is 16.0. The lowest BCUT2D eigenvalue weighted by Crippen LogP contribution is -2.55. The fraction of sp³-hybridized carbons (Fsp3) is 0.704. The number of carbonyl (C=O) groups is 4. The van der Waals surface area contributed by atoms with Crippen LogP contribution in [0, 0.1) is 17.3 Å². The molecular weight excluding hydrogens is 446 g/mol. The van der Waals surface area contributed by atoms with Crippen LogP contribution in [-0.2, 0) is 23.9 Å². The molecule has 1 saturated heterocycles. The van der Waals surface area contributed by atoms with Crippen molar-refractivity contribution < 1.29 is 23.9 Å². The van der Waals surface area contributed by atoms with Gasteiger partial charge in [-0.25, -0.2) is 0 Å². The Kier molecular flexibility index (Phi) is 11.2. The van der Waals surface area contributed by atoms with Gasteiger partial charge in [0.1, 0.15) is 24.7 Å². The van der Waals surface area contributed by atoms with Crippen LogP contribution in [0.5, 0.6) is 0 Å². The standard InChI is InChI=1S/C27H45N3O5/c1-16(2)23-25(33)28-15-22(32)35-24(17(3)12-11-13-27(7,8)9)19(5)18(4)14-21(31)29-20(6)26(34)30(23)10/h12,16,19-20,23-24H,4,11,13-15H2,1-3,5-10H3,(H,28,33)(H,29,31)/b17-12+/t19-,20+,23+,24+/m1/s1. The second-order valence-corrected chi connectivity index (χ2v) is 11.2. The number of carbonyl (C=O) groups excluding carboxylic acids is 4. The topological polar surface area (TPSA) is 105 Å². The molecule has 3 amide bonds. The minimum Gasteiger partial charge on any atom is -0.456 e. The molecule has 0 bridgehead atoms. The number of cyclic esters (lactones) is 1. The molecule has 4 atom stereocenters. The second-order valence-electron chi connectivity index (χ2n) is 11.2. The van der Waals surface area contributed by atoms with Gasteiger partial charge in [-0.15, -0.1) is 0 Å². The van der Waals surface area contributed by atoms with E-state index in [9.17, 15) is 19.2 Å². The lowest BCUT2D eigenvalue weighted by atomic mass is 9.87. The Morgan fingerprint density at radius 2 is 1.80 bits per heavy atom. The fourth-order valence-electron chi connectivity index (χ4n) is 4.19. The number of allylic oxidation sites excluding steroid dienone is 1. The zero-order valence-corrected chi connectivity index (χ0v) is 23.0. The van der Waals surface area contributed by atoms with Gasteiger partial charge in [0.2, 0.25) is 17.7 Å². The number of nitrogens with zero attached hydrogens (tertiary/aromatic N) is 1. The third-order valence-electron chi connectivity index (χ3n) is 6.37. The number of rotatable bonds is 4. The van der Waals surface area contributed by atoms with Gasteiger partial charge < -0.3 is 20.3 Å². The van der Waals surface area contributed by atoms with E-state index >= 15 is 0 Å². The zero-order chi connectivity index (χ0) is 27.1. The molecule has 1 fully saturated rings. The Morgan fingerprint density at radius 1 is 1.20 bits per heavy atom. The summed E-state index contributed by atoms with van der Waals surface area (Å²) >= 11 is 0. The highest BCUT2D eigenvalue weighted by molar-refractivity contribution is 5.93. The largest absolute Gasteiger partial charge is 0.456 e. The van der Waals surface area contributed by atoms with Crippen molar-refractivity contribution in [1.29, 1.82) is 0 Å². The molecule has 35 heavy (non-hydrogen) atoms. The van der Waals surface area contributed by atoms with E-state index in [0.29, 0.717) is 5.57 Å². The van der Waals surface area contributed by atoms with Crippen molar-refractivity contribution in [1.82, 2.24) is 15.5 Å². The van der Waals surface area contributed by atoms with Gasteiger partial charge in [-0.2, -0.15) is 0 Å². The maximum atomic E-state index is 12.9. The fourth-order valence-corrected chi connectivity index (χ4v) is 4.19. The summed E-state index contributed by atoms with van der Waals surface area (Å²) in [5.41, 5.74) is 1.63. The first kappa shape index (κ1) is 30.4. The Hall–Kier alpha value is -2.64. The molecule has 1 aliphatic heterocycles. The van der Waals surface area contributed by atoms with Gasteiger partial charge >= 0.3 is 5.97 Å². The molecule has 2 N–H and O–H groups in total. The average molecular weight is 492 g/mol. The number of ether oxygens (including phenoxy) is 1. The average Bonchev–Trinajstić information content (AvgIpc) is 2.72. The van der Waals surface area contributed by atoms with Gasteiger partial charge in [0.25, 0.3) is 0 Å². The van der Waals surface area contributed by atoms with E-state index in [0.717, 1.165) is 18.4 Å². The van der Waals surface area contributed by atoms with Crippen LogP contribution in [-0.4, -0.2) is 60.4 Å². The summed E-state index contributed by atoms with van der Waals surface area (Å²) < 4.78 is 5.81. The van der Waals surface area contributed by atoms with Gasteiger partial charge in [-0.3, -0.25) is 19.2 Å². The van der Waals surface area contributed by atoms with Crippen LogP contribution in [0.2, 0.25) is 0 Å².